The monoisotopic (exact) mass is 242 g/mol. The van der Waals surface area contributed by atoms with Crippen molar-refractivity contribution in [2.75, 3.05) is 11.9 Å². The van der Waals surface area contributed by atoms with Crippen LogP contribution < -0.4 is 4.90 Å². The molecule has 2 rings (SSSR count). The van der Waals surface area contributed by atoms with E-state index in [2.05, 4.69) is 0 Å². The van der Waals surface area contributed by atoms with E-state index in [0.717, 1.165) is 12.8 Å². The molecule has 0 unspecified atom stereocenters. The summed E-state index contributed by atoms with van der Waals surface area (Å²) in [6, 6.07) is 1.91. The van der Waals surface area contributed by atoms with Crippen LogP contribution in [0.2, 0.25) is 0 Å². The highest BCUT2D eigenvalue weighted by Gasteiger charge is 2.32. The molecular formula is C10H14N2O3S. The molecule has 0 aliphatic heterocycles. The summed E-state index contributed by atoms with van der Waals surface area (Å²) in [6.45, 7) is 1.62. The van der Waals surface area contributed by atoms with Crippen LogP contribution in [-0.2, 0) is 0 Å². The van der Waals surface area contributed by atoms with Gasteiger partial charge in [0.05, 0.1) is 11.0 Å². The second kappa shape index (κ2) is 4.03. The van der Waals surface area contributed by atoms with Crippen molar-refractivity contribution in [1.29, 1.82) is 0 Å². The number of aliphatic hydroxyl groups excluding tert-OH is 1. The molecule has 0 amide bonds. The molecule has 1 atom stereocenters. The van der Waals surface area contributed by atoms with Crippen LogP contribution in [0.4, 0.5) is 10.7 Å². The standard InChI is InChI=1S/C10H14N2O3S/c1-6(13)9-5-8(12(14)15)10(16-9)11(2)7-3-4-7/h5-7,13H,3-4H2,1-2H3/t6-/m0/s1. The van der Waals surface area contributed by atoms with Gasteiger partial charge in [0.1, 0.15) is 0 Å². The molecule has 16 heavy (non-hydrogen) atoms. The van der Waals surface area contributed by atoms with Crippen LogP contribution in [0, 0.1) is 10.1 Å². The number of aliphatic hydroxyl groups is 1. The topological polar surface area (TPSA) is 66.6 Å². The van der Waals surface area contributed by atoms with Crippen LogP contribution in [0.3, 0.4) is 0 Å². The molecule has 0 spiro atoms. The lowest BCUT2D eigenvalue weighted by molar-refractivity contribution is -0.383. The van der Waals surface area contributed by atoms with Gasteiger partial charge in [0.2, 0.25) is 0 Å². The SMILES string of the molecule is C[C@H](O)c1cc([N+](=O)[O-])c(N(C)C2CC2)s1. The molecule has 0 saturated heterocycles. The predicted octanol–water partition coefficient (Wildman–Crippen LogP) is 2.31. The highest BCUT2D eigenvalue weighted by atomic mass is 32.1. The molecule has 0 aromatic carbocycles. The van der Waals surface area contributed by atoms with Gasteiger partial charge in [-0.25, -0.2) is 0 Å². The molecule has 1 aliphatic rings. The van der Waals surface area contributed by atoms with Crippen LogP contribution in [-0.4, -0.2) is 23.1 Å². The number of hydrogen-bond acceptors (Lipinski definition) is 5. The molecule has 1 aromatic rings. The minimum Gasteiger partial charge on any atom is -0.388 e. The van der Waals surface area contributed by atoms with E-state index in [0.29, 0.717) is 15.9 Å². The van der Waals surface area contributed by atoms with Gasteiger partial charge < -0.3 is 10.0 Å². The molecule has 88 valence electrons. The minimum atomic E-state index is -0.648. The van der Waals surface area contributed by atoms with Gasteiger partial charge in [0.25, 0.3) is 0 Å². The number of anilines is 1. The third kappa shape index (κ3) is 2.03. The second-order valence-electron chi connectivity index (χ2n) is 4.11. The molecule has 1 heterocycles. The summed E-state index contributed by atoms with van der Waals surface area (Å²) < 4.78 is 0. The fourth-order valence-corrected chi connectivity index (χ4v) is 2.70. The van der Waals surface area contributed by atoms with Gasteiger partial charge in [0, 0.05) is 24.0 Å². The average molecular weight is 242 g/mol. The molecule has 1 N–H and O–H groups in total. The fraction of sp³-hybridized carbons (Fsp3) is 0.600. The zero-order valence-electron chi connectivity index (χ0n) is 9.21. The van der Waals surface area contributed by atoms with Crippen LogP contribution in [0.1, 0.15) is 30.7 Å². The molecule has 5 nitrogen and oxygen atoms in total. The van der Waals surface area contributed by atoms with Crippen molar-refractivity contribution in [2.24, 2.45) is 0 Å². The van der Waals surface area contributed by atoms with Gasteiger partial charge >= 0.3 is 5.69 Å². The number of nitro groups is 1. The first kappa shape index (κ1) is 11.3. The maximum Gasteiger partial charge on any atom is 0.304 e. The van der Waals surface area contributed by atoms with Crippen molar-refractivity contribution in [3.63, 3.8) is 0 Å². The van der Waals surface area contributed by atoms with Gasteiger partial charge in [-0.15, -0.1) is 11.3 Å². The van der Waals surface area contributed by atoms with Crippen molar-refractivity contribution < 1.29 is 10.0 Å². The summed E-state index contributed by atoms with van der Waals surface area (Å²) >= 11 is 1.31. The maximum absolute atomic E-state index is 10.9. The van der Waals surface area contributed by atoms with Gasteiger partial charge in [-0.3, -0.25) is 10.1 Å². The first-order valence-electron chi connectivity index (χ1n) is 5.19. The molecule has 1 aliphatic carbocycles. The maximum atomic E-state index is 10.9. The molecule has 6 heteroatoms. The first-order valence-corrected chi connectivity index (χ1v) is 6.01. The lowest BCUT2D eigenvalue weighted by Crippen LogP contribution is -2.18. The summed E-state index contributed by atoms with van der Waals surface area (Å²) in [6.07, 6.45) is 1.54. The summed E-state index contributed by atoms with van der Waals surface area (Å²) in [4.78, 5) is 13.1. The molecule has 1 saturated carbocycles. The van der Waals surface area contributed by atoms with Crippen LogP contribution in [0.25, 0.3) is 0 Å². The Balaban J connectivity index is 2.36. The Bertz CT molecular complexity index is 412. The Kier molecular flexibility index (Phi) is 2.86. The predicted molar refractivity (Wildman–Crippen MR) is 63.0 cm³/mol. The van der Waals surface area contributed by atoms with Crippen molar-refractivity contribution in [1.82, 2.24) is 0 Å². The van der Waals surface area contributed by atoms with E-state index in [1.807, 2.05) is 11.9 Å². The van der Waals surface area contributed by atoms with E-state index in [9.17, 15) is 15.2 Å². The molecular weight excluding hydrogens is 228 g/mol. The molecule has 1 aromatic heterocycles. The second-order valence-corrected chi connectivity index (χ2v) is 5.18. The Morgan fingerprint density at radius 2 is 2.31 bits per heavy atom. The number of hydrogen-bond donors (Lipinski definition) is 1. The Labute approximate surface area is 97.5 Å². The van der Waals surface area contributed by atoms with Crippen LogP contribution in [0.5, 0.6) is 0 Å². The normalized spacial score (nSPS) is 17.2. The van der Waals surface area contributed by atoms with E-state index in [1.165, 1.54) is 17.4 Å². The summed E-state index contributed by atoms with van der Waals surface area (Å²) in [5.74, 6) is 0. The fourth-order valence-electron chi connectivity index (χ4n) is 1.61. The minimum absolute atomic E-state index is 0.107. The molecule has 0 radical (unpaired) electrons. The lowest BCUT2D eigenvalue weighted by Gasteiger charge is -2.14. The van der Waals surface area contributed by atoms with Crippen molar-refractivity contribution in [3.05, 3.63) is 21.1 Å². The number of nitrogens with zero attached hydrogens (tertiary/aromatic N) is 2. The third-order valence-corrected chi connectivity index (χ3v) is 4.12. The summed E-state index contributed by atoms with van der Waals surface area (Å²) in [7, 11) is 1.88. The Morgan fingerprint density at radius 3 is 2.75 bits per heavy atom. The van der Waals surface area contributed by atoms with E-state index in [4.69, 9.17) is 0 Å². The highest BCUT2D eigenvalue weighted by molar-refractivity contribution is 7.16. The summed E-state index contributed by atoms with van der Waals surface area (Å²) in [5.41, 5.74) is 0.107. The van der Waals surface area contributed by atoms with E-state index in [1.54, 1.807) is 6.92 Å². The smallest absolute Gasteiger partial charge is 0.304 e. The first-order chi connectivity index (χ1) is 7.50. The number of thiophene rings is 1. The van der Waals surface area contributed by atoms with Gasteiger partial charge in [-0.1, -0.05) is 0 Å². The van der Waals surface area contributed by atoms with Crippen molar-refractivity contribution in [3.8, 4) is 0 Å². The molecule has 1 fully saturated rings. The Morgan fingerprint density at radius 1 is 1.69 bits per heavy atom. The van der Waals surface area contributed by atoms with Gasteiger partial charge in [-0.05, 0) is 19.8 Å². The number of rotatable bonds is 4. The van der Waals surface area contributed by atoms with Gasteiger partial charge in [-0.2, -0.15) is 0 Å². The molecule has 0 bridgehead atoms. The zero-order chi connectivity index (χ0) is 11.9. The van der Waals surface area contributed by atoms with Crippen LogP contribution in [0.15, 0.2) is 6.07 Å². The van der Waals surface area contributed by atoms with Gasteiger partial charge in [0.15, 0.2) is 5.00 Å². The van der Waals surface area contributed by atoms with Crippen molar-refractivity contribution >= 4 is 22.0 Å². The Hall–Kier alpha value is -1.14. The quantitative estimate of drug-likeness (QED) is 0.650. The largest absolute Gasteiger partial charge is 0.388 e. The summed E-state index contributed by atoms with van der Waals surface area (Å²) in [5, 5.41) is 21.0. The van der Waals surface area contributed by atoms with E-state index in [-0.39, 0.29) is 10.6 Å². The van der Waals surface area contributed by atoms with E-state index < -0.39 is 6.10 Å². The van der Waals surface area contributed by atoms with Crippen LogP contribution >= 0.6 is 11.3 Å². The average Bonchev–Trinajstić information content (AvgIpc) is 2.94. The third-order valence-electron chi connectivity index (χ3n) is 2.74. The van der Waals surface area contributed by atoms with E-state index >= 15 is 0 Å². The lowest BCUT2D eigenvalue weighted by atomic mass is 10.3. The van der Waals surface area contributed by atoms with Crippen molar-refractivity contribution in [2.45, 2.75) is 31.9 Å². The zero-order valence-corrected chi connectivity index (χ0v) is 10.0. The highest BCUT2D eigenvalue weighted by Crippen LogP contribution is 2.43.